The Morgan fingerprint density at radius 2 is 2.23 bits per heavy atom. The molecule has 3 heteroatoms. The molecule has 1 atom stereocenters. The van der Waals surface area contributed by atoms with Gasteiger partial charge in [-0.25, -0.2) is 4.39 Å². The number of nitrogens with two attached hydrogens (primary N) is 1. The molecule has 13 heavy (non-hydrogen) atoms. The van der Waals surface area contributed by atoms with Crippen molar-refractivity contribution in [2.45, 2.75) is 25.3 Å². The maximum Gasteiger partial charge on any atom is 0.142 e. The molecule has 0 spiro atoms. The predicted molar refractivity (Wildman–Crippen MR) is 51.3 cm³/mol. The minimum absolute atomic E-state index is 0.0295. The highest BCUT2D eigenvalue weighted by molar-refractivity contribution is 6.30. The van der Waals surface area contributed by atoms with E-state index < -0.39 is 0 Å². The van der Waals surface area contributed by atoms with Crippen LogP contribution in [0.25, 0.3) is 0 Å². The fraction of sp³-hybridized carbons (Fsp3) is 0.400. The molecule has 2 rings (SSSR count). The van der Waals surface area contributed by atoms with E-state index in [2.05, 4.69) is 0 Å². The van der Waals surface area contributed by atoms with Crippen LogP contribution in [0.4, 0.5) is 4.39 Å². The van der Waals surface area contributed by atoms with Crippen LogP contribution in [0.2, 0.25) is 5.02 Å². The van der Waals surface area contributed by atoms with Gasteiger partial charge < -0.3 is 5.73 Å². The summed E-state index contributed by atoms with van der Waals surface area (Å²) >= 11 is 5.68. The average Bonchev–Trinajstić information content (AvgIpc) is 2.09. The van der Waals surface area contributed by atoms with Gasteiger partial charge in [-0.2, -0.15) is 0 Å². The standard InChI is InChI=1S/C10H11ClFN/c11-8-5-7-6(4-9(8)12)2-1-3-10(7)13/h4-5,10H,1-3,13H2. The van der Waals surface area contributed by atoms with Gasteiger partial charge in [0.1, 0.15) is 5.82 Å². The van der Waals surface area contributed by atoms with Crippen LogP contribution >= 0.6 is 11.6 Å². The van der Waals surface area contributed by atoms with E-state index in [1.807, 2.05) is 0 Å². The number of aryl methyl sites for hydroxylation is 1. The number of fused-ring (bicyclic) bond motifs is 1. The Bertz CT molecular complexity index is 338. The highest BCUT2D eigenvalue weighted by Crippen LogP contribution is 2.31. The van der Waals surface area contributed by atoms with Crippen molar-refractivity contribution in [3.63, 3.8) is 0 Å². The van der Waals surface area contributed by atoms with E-state index in [1.54, 1.807) is 6.07 Å². The number of hydrogen-bond donors (Lipinski definition) is 1. The zero-order valence-electron chi connectivity index (χ0n) is 7.19. The molecular weight excluding hydrogens is 189 g/mol. The molecule has 1 aliphatic carbocycles. The first kappa shape index (κ1) is 8.97. The van der Waals surface area contributed by atoms with Gasteiger partial charge in [0.2, 0.25) is 0 Å². The lowest BCUT2D eigenvalue weighted by atomic mass is 9.88. The second kappa shape index (κ2) is 3.28. The van der Waals surface area contributed by atoms with Gasteiger partial charge in [0.25, 0.3) is 0 Å². The molecule has 0 heterocycles. The molecule has 2 N–H and O–H groups in total. The fourth-order valence-corrected chi connectivity index (χ4v) is 2.01. The van der Waals surface area contributed by atoms with Gasteiger partial charge >= 0.3 is 0 Å². The Kier molecular flexibility index (Phi) is 2.26. The number of halogens is 2. The highest BCUT2D eigenvalue weighted by atomic mass is 35.5. The van der Waals surface area contributed by atoms with Crippen molar-refractivity contribution in [3.05, 3.63) is 34.1 Å². The summed E-state index contributed by atoms with van der Waals surface area (Å²) in [6.07, 6.45) is 2.92. The Morgan fingerprint density at radius 3 is 3.00 bits per heavy atom. The summed E-state index contributed by atoms with van der Waals surface area (Å²) in [4.78, 5) is 0. The maximum atomic E-state index is 13.1. The molecule has 0 aliphatic heterocycles. The fourth-order valence-electron chi connectivity index (χ4n) is 1.83. The van der Waals surface area contributed by atoms with Crippen molar-refractivity contribution < 1.29 is 4.39 Å². The molecule has 1 aliphatic rings. The molecule has 70 valence electrons. The minimum Gasteiger partial charge on any atom is -0.324 e. The van der Waals surface area contributed by atoms with Crippen LogP contribution in [0.3, 0.4) is 0 Å². The lowest BCUT2D eigenvalue weighted by Gasteiger charge is -2.22. The second-order valence-electron chi connectivity index (χ2n) is 3.46. The van der Waals surface area contributed by atoms with Gasteiger partial charge in [-0.3, -0.25) is 0 Å². The highest BCUT2D eigenvalue weighted by Gasteiger charge is 2.18. The smallest absolute Gasteiger partial charge is 0.142 e. The topological polar surface area (TPSA) is 26.0 Å². The minimum atomic E-state index is -0.338. The van der Waals surface area contributed by atoms with E-state index in [-0.39, 0.29) is 16.9 Å². The molecule has 0 saturated heterocycles. The van der Waals surface area contributed by atoms with Gasteiger partial charge in [-0.1, -0.05) is 11.6 Å². The molecule has 0 radical (unpaired) electrons. The van der Waals surface area contributed by atoms with Crippen molar-refractivity contribution in [2.24, 2.45) is 5.73 Å². The lowest BCUT2D eigenvalue weighted by Crippen LogP contribution is -2.17. The van der Waals surface area contributed by atoms with Crippen molar-refractivity contribution in [1.82, 2.24) is 0 Å². The normalized spacial score (nSPS) is 21.3. The Labute approximate surface area is 81.7 Å². The quantitative estimate of drug-likeness (QED) is 0.683. The summed E-state index contributed by atoms with van der Waals surface area (Å²) < 4.78 is 13.1. The first-order valence-corrected chi connectivity index (χ1v) is 4.79. The molecule has 1 nitrogen and oxygen atoms in total. The van der Waals surface area contributed by atoms with Crippen molar-refractivity contribution >= 4 is 11.6 Å². The van der Waals surface area contributed by atoms with E-state index in [0.29, 0.717) is 0 Å². The monoisotopic (exact) mass is 199 g/mol. The van der Waals surface area contributed by atoms with E-state index in [9.17, 15) is 4.39 Å². The average molecular weight is 200 g/mol. The third-order valence-electron chi connectivity index (χ3n) is 2.54. The Morgan fingerprint density at radius 1 is 1.46 bits per heavy atom. The molecule has 1 aromatic carbocycles. The zero-order valence-corrected chi connectivity index (χ0v) is 7.94. The van der Waals surface area contributed by atoms with Gasteiger partial charge in [-0.15, -0.1) is 0 Å². The summed E-state index contributed by atoms with van der Waals surface area (Å²) in [6, 6.07) is 3.20. The molecule has 0 aromatic heterocycles. The van der Waals surface area contributed by atoms with Crippen LogP contribution in [0, 0.1) is 5.82 Å². The predicted octanol–water partition coefficient (Wildman–Crippen LogP) is 2.82. The van der Waals surface area contributed by atoms with Gasteiger partial charge in [0.05, 0.1) is 5.02 Å². The van der Waals surface area contributed by atoms with Crippen molar-refractivity contribution in [1.29, 1.82) is 0 Å². The molecule has 1 unspecified atom stereocenters. The largest absolute Gasteiger partial charge is 0.324 e. The van der Waals surface area contributed by atoms with Crippen LogP contribution < -0.4 is 5.73 Å². The molecule has 0 saturated carbocycles. The van der Waals surface area contributed by atoms with E-state index >= 15 is 0 Å². The van der Waals surface area contributed by atoms with E-state index in [1.165, 1.54) is 6.07 Å². The van der Waals surface area contributed by atoms with Gasteiger partial charge in [-0.05, 0) is 42.5 Å². The van der Waals surface area contributed by atoms with Crippen LogP contribution in [0.15, 0.2) is 12.1 Å². The van der Waals surface area contributed by atoms with Crippen LogP contribution in [0.1, 0.15) is 30.0 Å². The second-order valence-corrected chi connectivity index (χ2v) is 3.87. The summed E-state index contributed by atoms with van der Waals surface area (Å²) in [5, 5.41) is 0.177. The third-order valence-corrected chi connectivity index (χ3v) is 2.83. The number of benzene rings is 1. The van der Waals surface area contributed by atoms with Crippen LogP contribution in [-0.2, 0) is 6.42 Å². The molecular formula is C10H11ClFN. The molecule has 1 aromatic rings. The first-order chi connectivity index (χ1) is 6.18. The van der Waals surface area contributed by atoms with E-state index in [0.717, 1.165) is 30.4 Å². The van der Waals surface area contributed by atoms with Crippen LogP contribution in [-0.4, -0.2) is 0 Å². The van der Waals surface area contributed by atoms with Crippen molar-refractivity contribution in [3.8, 4) is 0 Å². The van der Waals surface area contributed by atoms with Gasteiger partial charge in [0, 0.05) is 6.04 Å². The van der Waals surface area contributed by atoms with Gasteiger partial charge in [0.15, 0.2) is 0 Å². The molecule has 0 fully saturated rings. The SMILES string of the molecule is NC1CCCc2cc(F)c(Cl)cc21. The summed E-state index contributed by atoms with van der Waals surface area (Å²) in [5.41, 5.74) is 7.91. The Balaban J connectivity index is 2.52. The molecule has 0 amide bonds. The summed E-state index contributed by atoms with van der Waals surface area (Å²) in [5.74, 6) is -0.338. The summed E-state index contributed by atoms with van der Waals surface area (Å²) in [6.45, 7) is 0. The lowest BCUT2D eigenvalue weighted by molar-refractivity contribution is 0.560. The van der Waals surface area contributed by atoms with Crippen molar-refractivity contribution in [2.75, 3.05) is 0 Å². The first-order valence-electron chi connectivity index (χ1n) is 4.42. The zero-order chi connectivity index (χ0) is 9.42. The number of hydrogen-bond acceptors (Lipinski definition) is 1. The number of rotatable bonds is 0. The summed E-state index contributed by atoms with van der Waals surface area (Å²) in [7, 11) is 0. The van der Waals surface area contributed by atoms with Crippen LogP contribution in [0.5, 0.6) is 0 Å². The maximum absolute atomic E-state index is 13.1. The molecule has 0 bridgehead atoms. The van der Waals surface area contributed by atoms with E-state index in [4.69, 9.17) is 17.3 Å². The Hall–Kier alpha value is -0.600. The third kappa shape index (κ3) is 1.56.